The normalized spacial score (nSPS) is 12.1. The second-order valence-corrected chi connectivity index (χ2v) is 3.74. The lowest BCUT2D eigenvalue weighted by molar-refractivity contribution is -0.137. The molecule has 0 aliphatic rings. The van der Waals surface area contributed by atoms with Gasteiger partial charge in [0.25, 0.3) is 0 Å². The zero-order chi connectivity index (χ0) is 9.07. The summed E-state index contributed by atoms with van der Waals surface area (Å²) in [6, 6.07) is 0. The molecule has 0 spiro atoms. The van der Waals surface area contributed by atoms with Crippen molar-refractivity contribution >= 4 is 5.97 Å². The van der Waals surface area contributed by atoms with Crippen molar-refractivity contribution in [1.29, 1.82) is 0 Å². The van der Waals surface area contributed by atoms with Gasteiger partial charge in [0.1, 0.15) is 0 Å². The van der Waals surface area contributed by atoms with E-state index in [1.807, 2.05) is 11.9 Å². The number of carboxylic acids is 1. The number of nitrogens with zero attached hydrogens (tertiary/aromatic N) is 1. The third-order valence-electron chi connectivity index (χ3n) is 1.81. The van der Waals surface area contributed by atoms with Crippen molar-refractivity contribution in [2.24, 2.45) is 0 Å². The molecule has 0 radical (unpaired) electrons. The van der Waals surface area contributed by atoms with E-state index in [4.69, 9.17) is 5.11 Å². The maximum absolute atomic E-state index is 10.2. The molecule has 0 atom stereocenters. The van der Waals surface area contributed by atoms with Crippen LogP contribution in [0.25, 0.3) is 0 Å². The van der Waals surface area contributed by atoms with Crippen molar-refractivity contribution in [2.75, 3.05) is 13.6 Å². The fourth-order valence-electron chi connectivity index (χ4n) is 0.599. The van der Waals surface area contributed by atoms with Gasteiger partial charge in [-0.25, -0.2) is 0 Å². The molecule has 0 aromatic heterocycles. The molecule has 0 unspecified atom stereocenters. The van der Waals surface area contributed by atoms with E-state index in [2.05, 4.69) is 20.8 Å². The average molecular weight is 159 g/mol. The Morgan fingerprint density at radius 2 is 1.91 bits per heavy atom. The van der Waals surface area contributed by atoms with Crippen LogP contribution < -0.4 is 0 Å². The Morgan fingerprint density at radius 1 is 1.45 bits per heavy atom. The number of carbonyl (C=O) groups is 1. The molecule has 0 aromatic rings. The minimum absolute atomic E-state index is 0.0649. The molecule has 0 saturated heterocycles. The summed E-state index contributed by atoms with van der Waals surface area (Å²) in [5.41, 5.74) is 0.0649. The standard InChI is InChI=1S/C8H17NO2/c1-8(2,3)9(4)6-5-7(10)11/h5-6H2,1-4H3,(H,10,11). The molecule has 0 bridgehead atoms. The van der Waals surface area contributed by atoms with E-state index in [-0.39, 0.29) is 12.0 Å². The van der Waals surface area contributed by atoms with Crippen LogP contribution in [0.15, 0.2) is 0 Å². The molecular formula is C8H17NO2. The summed E-state index contributed by atoms with van der Waals surface area (Å²) in [4.78, 5) is 12.2. The smallest absolute Gasteiger partial charge is 0.304 e. The molecule has 0 heterocycles. The third kappa shape index (κ3) is 4.79. The Balaban J connectivity index is 3.70. The average Bonchev–Trinajstić information content (AvgIpc) is 1.80. The van der Waals surface area contributed by atoms with Crippen molar-refractivity contribution in [2.45, 2.75) is 32.7 Å². The van der Waals surface area contributed by atoms with Gasteiger partial charge in [0.15, 0.2) is 0 Å². The fraction of sp³-hybridized carbons (Fsp3) is 0.875. The quantitative estimate of drug-likeness (QED) is 0.672. The maximum Gasteiger partial charge on any atom is 0.304 e. The summed E-state index contributed by atoms with van der Waals surface area (Å²) in [6.45, 7) is 6.80. The Labute approximate surface area is 68.0 Å². The molecule has 3 heteroatoms. The fourth-order valence-corrected chi connectivity index (χ4v) is 0.599. The van der Waals surface area contributed by atoms with Crippen LogP contribution in [0.1, 0.15) is 27.2 Å². The van der Waals surface area contributed by atoms with Crippen LogP contribution in [-0.4, -0.2) is 35.1 Å². The molecule has 0 rings (SSSR count). The lowest BCUT2D eigenvalue weighted by atomic mass is 10.1. The highest BCUT2D eigenvalue weighted by Crippen LogP contribution is 2.09. The number of rotatable bonds is 3. The summed E-state index contributed by atoms with van der Waals surface area (Å²) >= 11 is 0. The van der Waals surface area contributed by atoms with Crippen LogP contribution in [0.3, 0.4) is 0 Å². The summed E-state index contributed by atoms with van der Waals surface area (Å²) in [6.07, 6.45) is 0.216. The molecule has 0 aliphatic heterocycles. The van der Waals surface area contributed by atoms with Crippen LogP contribution in [0.2, 0.25) is 0 Å². The monoisotopic (exact) mass is 159 g/mol. The van der Waals surface area contributed by atoms with Gasteiger partial charge in [-0.15, -0.1) is 0 Å². The minimum atomic E-state index is -0.735. The van der Waals surface area contributed by atoms with Crippen LogP contribution in [0, 0.1) is 0 Å². The van der Waals surface area contributed by atoms with E-state index < -0.39 is 5.97 Å². The molecule has 0 aliphatic carbocycles. The first kappa shape index (κ1) is 10.4. The van der Waals surface area contributed by atoms with E-state index in [1.165, 1.54) is 0 Å². The molecule has 0 aromatic carbocycles. The van der Waals surface area contributed by atoms with Crippen molar-refractivity contribution < 1.29 is 9.90 Å². The summed E-state index contributed by atoms with van der Waals surface area (Å²) in [7, 11) is 1.93. The molecule has 0 fully saturated rings. The highest BCUT2D eigenvalue weighted by molar-refractivity contribution is 5.66. The topological polar surface area (TPSA) is 40.5 Å². The van der Waals surface area contributed by atoms with Gasteiger partial charge in [0.2, 0.25) is 0 Å². The summed E-state index contributed by atoms with van der Waals surface area (Å²) in [5.74, 6) is -0.735. The first-order chi connectivity index (χ1) is 4.84. The number of carboxylic acid groups (broad SMARTS) is 1. The van der Waals surface area contributed by atoms with Gasteiger partial charge >= 0.3 is 5.97 Å². The third-order valence-corrected chi connectivity index (χ3v) is 1.81. The maximum atomic E-state index is 10.2. The number of hydrogen-bond acceptors (Lipinski definition) is 2. The van der Waals surface area contributed by atoms with Crippen molar-refractivity contribution in [1.82, 2.24) is 4.90 Å². The Morgan fingerprint density at radius 3 is 2.18 bits per heavy atom. The van der Waals surface area contributed by atoms with E-state index in [9.17, 15) is 4.79 Å². The Bertz CT molecular complexity index is 138. The number of aliphatic carboxylic acids is 1. The highest BCUT2D eigenvalue weighted by atomic mass is 16.4. The lowest BCUT2D eigenvalue weighted by Crippen LogP contribution is -2.39. The zero-order valence-electron chi connectivity index (χ0n) is 7.72. The van der Waals surface area contributed by atoms with Crippen LogP contribution >= 0.6 is 0 Å². The van der Waals surface area contributed by atoms with Gasteiger partial charge in [0.05, 0.1) is 6.42 Å². The minimum Gasteiger partial charge on any atom is -0.481 e. The predicted octanol–water partition coefficient (Wildman–Crippen LogP) is 1.19. The second kappa shape index (κ2) is 3.72. The molecular weight excluding hydrogens is 142 g/mol. The molecule has 66 valence electrons. The van der Waals surface area contributed by atoms with Crippen LogP contribution in [0.5, 0.6) is 0 Å². The van der Waals surface area contributed by atoms with Gasteiger partial charge in [-0.3, -0.25) is 4.79 Å². The van der Waals surface area contributed by atoms with E-state index in [1.54, 1.807) is 0 Å². The first-order valence-electron chi connectivity index (χ1n) is 3.77. The SMILES string of the molecule is CN(CCC(=O)O)C(C)(C)C. The van der Waals surface area contributed by atoms with E-state index >= 15 is 0 Å². The Kier molecular flexibility index (Phi) is 3.52. The van der Waals surface area contributed by atoms with Gasteiger partial charge in [0, 0.05) is 12.1 Å². The van der Waals surface area contributed by atoms with Gasteiger partial charge in [-0.1, -0.05) is 0 Å². The number of hydrogen-bond donors (Lipinski definition) is 1. The highest BCUT2D eigenvalue weighted by Gasteiger charge is 2.16. The second-order valence-electron chi connectivity index (χ2n) is 3.74. The first-order valence-corrected chi connectivity index (χ1v) is 3.77. The van der Waals surface area contributed by atoms with Crippen LogP contribution in [0.4, 0.5) is 0 Å². The molecule has 1 N–H and O–H groups in total. The van der Waals surface area contributed by atoms with Crippen LogP contribution in [-0.2, 0) is 4.79 Å². The molecule has 11 heavy (non-hydrogen) atoms. The molecule has 0 amide bonds. The van der Waals surface area contributed by atoms with E-state index in [0.717, 1.165) is 0 Å². The van der Waals surface area contributed by atoms with E-state index in [0.29, 0.717) is 6.54 Å². The molecule has 3 nitrogen and oxygen atoms in total. The Hall–Kier alpha value is -0.570. The van der Waals surface area contributed by atoms with Crippen molar-refractivity contribution in [3.8, 4) is 0 Å². The van der Waals surface area contributed by atoms with Crippen molar-refractivity contribution in [3.05, 3.63) is 0 Å². The summed E-state index contributed by atoms with van der Waals surface area (Å²) in [5, 5.41) is 8.40. The predicted molar refractivity (Wildman–Crippen MR) is 44.6 cm³/mol. The summed E-state index contributed by atoms with van der Waals surface area (Å²) < 4.78 is 0. The zero-order valence-corrected chi connectivity index (χ0v) is 7.72. The van der Waals surface area contributed by atoms with Gasteiger partial charge in [-0.05, 0) is 27.8 Å². The largest absolute Gasteiger partial charge is 0.481 e. The molecule has 0 saturated carbocycles. The lowest BCUT2D eigenvalue weighted by Gasteiger charge is -2.31. The van der Waals surface area contributed by atoms with Gasteiger partial charge in [-0.2, -0.15) is 0 Å². The van der Waals surface area contributed by atoms with Crippen molar-refractivity contribution in [3.63, 3.8) is 0 Å². The van der Waals surface area contributed by atoms with Gasteiger partial charge < -0.3 is 10.0 Å².